The van der Waals surface area contributed by atoms with Crippen LogP contribution >= 0.6 is 0 Å². The number of hydrogen-bond acceptors (Lipinski definition) is 4. The lowest BCUT2D eigenvalue weighted by molar-refractivity contribution is -0.142. The van der Waals surface area contributed by atoms with Crippen LogP contribution in [0, 0.1) is 11.8 Å². The molecule has 8 nitrogen and oxygen atoms in total. The molecule has 0 bridgehead atoms. The smallest absolute Gasteiger partial charge is 0.319 e. The molecule has 0 aromatic carbocycles. The maximum Gasteiger partial charge on any atom is 0.319 e. The predicted octanol–water partition coefficient (Wildman–Crippen LogP) is 2.46. The summed E-state index contributed by atoms with van der Waals surface area (Å²) in [5.74, 6) is 0.285. The molecule has 1 unspecified atom stereocenters. The number of nitrogens with one attached hydrogen (secondary N) is 1. The van der Waals surface area contributed by atoms with Crippen molar-refractivity contribution in [3.63, 3.8) is 0 Å². The minimum atomic E-state index is -0.420. The summed E-state index contributed by atoms with van der Waals surface area (Å²) in [4.78, 5) is 48.5. The summed E-state index contributed by atoms with van der Waals surface area (Å²) >= 11 is 0. The maximum atomic E-state index is 13.3. The minimum Gasteiger partial charge on any atom is -0.338 e. The standard InChI is InChI=1S/C23H35N5O3/c1-4-5-11-26-16-20-27(23(31)25-14-18-6-9-24-10-7-18)12-8-21(29)28(20)15-19(22(26)30)13-17(2)3/h6-7,9-10,17,19-20H,4-5,8,11-16H2,1-3H3,(H,25,31)/t19-,20?/m1/s1. The van der Waals surface area contributed by atoms with Crippen molar-refractivity contribution in [2.75, 3.05) is 26.2 Å². The summed E-state index contributed by atoms with van der Waals surface area (Å²) in [6.45, 7) is 8.49. The Morgan fingerprint density at radius 3 is 2.65 bits per heavy atom. The SMILES string of the molecule is CCCCN1CC2N(C[C@@H](CC(C)C)C1=O)C(=O)CCN2C(=O)NCc1ccncc1. The van der Waals surface area contributed by atoms with E-state index in [-0.39, 0.29) is 30.2 Å². The number of aromatic nitrogens is 1. The van der Waals surface area contributed by atoms with Gasteiger partial charge in [-0.05, 0) is 36.5 Å². The zero-order valence-electron chi connectivity index (χ0n) is 18.9. The molecular formula is C23H35N5O3. The van der Waals surface area contributed by atoms with Crippen molar-refractivity contribution in [2.24, 2.45) is 11.8 Å². The number of amides is 4. The Kier molecular flexibility index (Phi) is 7.87. The van der Waals surface area contributed by atoms with Gasteiger partial charge < -0.3 is 20.0 Å². The summed E-state index contributed by atoms with van der Waals surface area (Å²) in [5, 5.41) is 2.97. The number of hydrogen-bond donors (Lipinski definition) is 1. The Balaban J connectivity index is 1.79. The van der Waals surface area contributed by atoms with Gasteiger partial charge in [0.25, 0.3) is 0 Å². The summed E-state index contributed by atoms with van der Waals surface area (Å²) in [7, 11) is 0. The topological polar surface area (TPSA) is 85.9 Å². The zero-order chi connectivity index (χ0) is 22.4. The Labute approximate surface area is 185 Å². The third-order valence-corrected chi connectivity index (χ3v) is 6.06. The summed E-state index contributed by atoms with van der Waals surface area (Å²) in [5.41, 5.74) is 0.964. The van der Waals surface area contributed by atoms with E-state index in [1.54, 1.807) is 22.2 Å². The second-order valence-electron chi connectivity index (χ2n) is 8.95. The lowest BCUT2D eigenvalue weighted by Crippen LogP contribution is -2.62. The molecule has 2 aliphatic rings. The lowest BCUT2D eigenvalue weighted by Gasteiger charge is -2.43. The van der Waals surface area contributed by atoms with E-state index in [0.717, 1.165) is 24.8 Å². The quantitative estimate of drug-likeness (QED) is 0.721. The van der Waals surface area contributed by atoms with Gasteiger partial charge in [0.1, 0.15) is 6.17 Å². The number of nitrogens with zero attached hydrogens (tertiary/aromatic N) is 4. The molecule has 0 spiro atoms. The molecule has 0 aliphatic carbocycles. The molecule has 3 rings (SSSR count). The van der Waals surface area contributed by atoms with E-state index in [1.807, 2.05) is 17.0 Å². The summed E-state index contributed by atoms with van der Waals surface area (Å²) in [6.07, 6.45) is 5.90. The van der Waals surface area contributed by atoms with Crippen LogP contribution in [0.2, 0.25) is 0 Å². The van der Waals surface area contributed by atoms with Gasteiger partial charge in [0.2, 0.25) is 11.8 Å². The van der Waals surface area contributed by atoms with Gasteiger partial charge in [-0.25, -0.2) is 4.79 Å². The molecule has 4 amide bonds. The molecule has 1 aromatic rings. The predicted molar refractivity (Wildman–Crippen MR) is 118 cm³/mol. The van der Waals surface area contributed by atoms with Crippen LogP contribution in [0.25, 0.3) is 0 Å². The highest BCUT2D eigenvalue weighted by Crippen LogP contribution is 2.27. The van der Waals surface area contributed by atoms with Crippen molar-refractivity contribution in [3.8, 4) is 0 Å². The van der Waals surface area contributed by atoms with E-state index in [1.165, 1.54) is 0 Å². The number of urea groups is 1. The van der Waals surface area contributed by atoms with Crippen LogP contribution in [0.15, 0.2) is 24.5 Å². The first-order chi connectivity index (χ1) is 14.9. The second-order valence-corrected chi connectivity index (χ2v) is 8.95. The van der Waals surface area contributed by atoms with Crippen molar-refractivity contribution in [3.05, 3.63) is 30.1 Å². The van der Waals surface area contributed by atoms with Gasteiger partial charge in [-0.1, -0.05) is 27.2 Å². The Morgan fingerprint density at radius 2 is 1.97 bits per heavy atom. The molecule has 2 saturated heterocycles. The first-order valence-electron chi connectivity index (χ1n) is 11.4. The van der Waals surface area contributed by atoms with Crippen LogP contribution in [0.5, 0.6) is 0 Å². The molecule has 31 heavy (non-hydrogen) atoms. The molecule has 1 aromatic heterocycles. The van der Waals surface area contributed by atoms with E-state index in [0.29, 0.717) is 38.6 Å². The Morgan fingerprint density at radius 1 is 1.23 bits per heavy atom. The molecule has 8 heteroatoms. The van der Waals surface area contributed by atoms with Crippen molar-refractivity contribution in [2.45, 2.75) is 59.2 Å². The fourth-order valence-corrected chi connectivity index (χ4v) is 4.44. The van der Waals surface area contributed by atoms with Gasteiger partial charge >= 0.3 is 6.03 Å². The fraction of sp³-hybridized carbons (Fsp3) is 0.652. The zero-order valence-corrected chi connectivity index (χ0v) is 18.9. The minimum absolute atomic E-state index is 0.0297. The molecule has 2 aliphatic heterocycles. The Bertz CT molecular complexity index is 770. The normalized spacial score (nSPS) is 21.9. The molecule has 0 saturated carbocycles. The van der Waals surface area contributed by atoms with Crippen molar-refractivity contribution >= 4 is 17.8 Å². The van der Waals surface area contributed by atoms with Gasteiger partial charge in [-0.15, -0.1) is 0 Å². The largest absolute Gasteiger partial charge is 0.338 e. The van der Waals surface area contributed by atoms with Crippen molar-refractivity contribution in [1.29, 1.82) is 0 Å². The van der Waals surface area contributed by atoms with Gasteiger partial charge in [0.15, 0.2) is 0 Å². The molecule has 170 valence electrons. The highest BCUT2D eigenvalue weighted by molar-refractivity contribution is 5.85. The van der Waals surface area contributed by atoms with Crippen LogP contribution in [-0.4, -0.2) is 69.9 Å². The fourth-order valence-electron chi connectivity index (χ4n) is 4.44. The number of pyridine rings is 1. The van der Waals surface area contributed by atoms with Crippen LogP contribution < -0.4 is 5.32 Å². The monoisotopic (exact) mass is 429 g/mol. The highest BCUT2D eigenvalue weighted by Gasteiger charge is 2.43. The van der Waals surface area contributed by atoms with Gasteiger partial charge in [0, 0.05) is 45.0 Å². The van der Waals surface area contributed by atoms with Gasteiger partial charge in [-0.2, -0.15) is 0 Å². The third kappa shape index (κ3) is 5.74. The molecule has 2 atom stereocenters. The molecule has 3 heterocycles. The van der Waals surface area contributed by atoms with Crippen molar-refractivity contribution < 1.29 is 14.4 Å². The number of carbonyl (C=O) groups excluding carboxylic acids is 3. The lowest BCUT2D eigenvalue weighted by atomic mass is 9.95. The number of carbonyl (C=O) groups is 3. The second kappa shape index (κ2) is 10.6. The first kappa shape index (κ1) is 23.0. The molecular weight excluding hydrogens is 394 g/mol. The van der Waals surface area contributed by atoms with E-state index < -0.39 is 6.17 Å². The van der Waals surface area contributed by atoms with Gasteiger partial charge in [0.05, 0.1) is 12.5 Å². The molecule has 2 fully saturated rings. The van der Waals surface area contributed by atoms with E-state index in [9.17, 15) is 14.4 Å². The van der Waals surface area contributed by atoms with Gasteiger partial charge in [-0.3, -0.25) is 14.6 Å². The summed E-state index contributed by atoms with van der Waals surface area (Å²) in [6, 6.07) is 3.52. The van der Waals surface area contributed by atoms with E-state index >= 15 is 0 Å². The Hall–Kier alpha value is -2.64. The highest BCUT2D eigenvalue weighted by atomic mass is 16.2. The van der Waals surface area contributed by atoms with E-state index in [4.69, 9.17) is 0 Å². The van der Waals surface area contributed by atoms with Crippen molar-refractivity contribution in [1.82, 2.24) is 25.0 Å². The van der Waals surface area contributed by atoms with Crippen LogP contribution in [-0.2, 0) is 16.1 Å². The molecule has 1 N–H and O–H groups in total. The average molecular weight is 430 g/mol. The number of unbranched alkanes of at least 4 members (excludes halogenated alkanes) is 1. The first-order valence-corrected chi connectivity index (χ1v) is 11.4. The maximum absolute atomic E-state index is 13.3. The number of rotatable bonds is 7. The third-order valence-electron chi connectivity index (χ3n) is 6.06. The number of fused-ring (bicyclic) bond motifs is 1. The van der Waals surface area contributed by atoms with Crippen LogP contribution in [0.3, 0.4) is 0 Å². The van der Waals surface area contributed by atoms with Crippen LogP contribution in [0.1, 0.15) is 52.0 Å². The van der Waals surface area contributed by atoms with Crippen LogP contribution in [0.4, 0.5) is 4.79 Å². The average Bonchev–Trinajstić information content (AvgIpc) is 2.89. The molecule has 0 radical (unpaired) electrons. The summed E-state index contributed by atoms with van der Waals surface area (Å²) < 4.78 is 0. The van der Waals surface area contributed by atoms with E-state index in [2.05, 4.69) is 31.1 Å².